The van der Waals surface area contributed by atoms with Crippen LogP contribution in [-0.4, -0.2) is 12.6 Å². The molecule has 2 N–H and O–H groups in total. The molecule has 0 unspecified atom stereocenters. The van der Waals surface area contributed by atoms with Crippen LogP contribution in [0, 0.1) is 0 Å². The van der Waals surface area contributed by atoms with Crippen molar-refractivity contribution in [2.24, 2.45) is 0 Å². The number of carbonyl (C=O) groups is 1. The Morgan fingerprint density at radius 1 is 0.719 bits per heavy atom. The van der Waals surface area contributed by atoms with Crippen LogP contribution in [0.3, 0.4) is 0 Å². The van der Waals surface area contributed by atoms with E-state index in [1.54, 1.807) is 0 Å². The van der Waals surface area contributed by atoms with E-state index in [-0.39, 0.29) is 6.03 Å². The molecule has 32 heavy (non-hydrogen) atoms. The van der Waals surface area contributed by atoms with Gasteiger partial charge in [0.2, 0.25) is 0 Å². The Hall–Kier alpha value is -2.49. The highest BCUT2D eigenvalue weighted by Crippen LogP contribution is 2.17. The van der Waals surface area contributed by atoms with Gasteiger partial charge in [-0.15, -0.1) is 0 Å². The van der Waals surface area contributed by atoms with Gasteiger partial charge in [0, 0.05) is 12.2 Å². The minimum atomic E-state index is -0.147. The summed E-state index contributed by atoms with van der Waals surface area (Å²) in [5.74, 6) is 0.788. The maximum atomic E-state index is 12.1. The number of anilines is 1. The van der Waals surface area contributed by atoms with E-state index in [1.165, 1.54) is 70.6 Å². The van der Waals surface area contributed by atoms with Crippen LogP contribution >= 0.6 is 0 Å². The van der Waals surface area contributed by atoms with E-state index >= 15 is 0 Å². The summed E-state index contributed by atoms with van der Waals surface area (Å²) in [5, 5.41) is 5.83. The topological polar surface area (TPSA) is 50.4 Å². The van der Waals surface area contributed by atoms with Gasteiger partial charge in [0.05, 0.1) is 0 Å². The monoisotopic (exact) mass is 438 g/mol. The van der Waals surface area contributed by atoms with E-state index in [1.807, 2.05) is 54.6 Å². The quantitative estimate of drug-likeness (QED) is 0.245. The van der Waals surface area contributed by atoms with Crippen LogP contribution in [0.1, 0.15) is 89.5 Å². The smallest absolute Gasteiger partial charge is 0.319 e. The maximum absolute atomic E-state index is 12.1. The highest BCUT2D eigenvalue weighted by molar-refractivity contribution is 5.89. The number of nitrogens with one attached hydrogen (secondary N) is 2. The van der Waals surface area contributed by atoms with Crippen molar-refractivity contribution in [2.45, 2.75) is 90.6 Å². The highest BCUT2D eigenvalue weighted by Gasteiger charge is 2.02. The Kier molecular flexibility index (Phi) is 13.8. The zero-order chi connectivity index (χ0) is 22.7. The summed E-state index contributed by atoms with van der Waals surface area (Å²) in [4.78, 5) is 12.1. The number of urea groups is 1. The lowest BCUT2D eigenvalue weighted by Gasteiger charge is -2.09. The Morgan fingerprint density at radius 2 is 1.28 bits per heavy atom. The van der Waals surface area contributed by atoms with Gasteiger partial charge in [-0.25, -0.2) is 4.79 Å². The summed E-state index contributed by atoms with van der Waals surface area (Å²) in [6.07, 6.45) is 15.9. The van der Waals surface area contributed by atoms with Gasteiger partial charge < -0.3 is 15.4 Å². The summed E-state index contributed by atoms with van der Waals surface area (Å²) in [7, 11) is 0. The molecule has 2 aromatic rings. The molecule has 0 atom stereocenters. The largest absolute Gasteiger partial charge is 0.489 e. The van der Waals surface area contributed by atoms with Gasteiger partial charge in [-0.3, -0.25) is 0 Å². The lowest BCUT2D eigenvalue weighted by molar-refractivity contribution is 0.252. The second kappa shape index (κ2) is 17.1. The van der Waals surface area contributed by atoms with E-state index in [4.69, 9.17) is 4.74 Å². The predicted octanol–water partition coefficient (Wildman–Crippen LogP) is 8.09. The first kappa shape index (κ1) is 25.8. The first-order chi connectivity index (χ1) is 15.8. The molecule has 2 rings (SSSR count). The molecule has 4 nitrogen and oxygen atoms in total. The Balaban J connectivity index is 1.44. The summed E-state index contributed by atoms with van der Waals surface area (Å²) in [5.41, 5.74) is 1.90. The van der Waals surface area contributed by atoms with Gasteiger partial charge in [-0.2, -0.15) is 0 Å². The van der Waals surface area contributed by atoms with Crippen LogP contribution in [0.5, 0.6) is 5.75 Å². The van der Waals surface area contributed by atoms with Crippen LogP contribution in [0.15, 0.2) is 54.6 Å². The Labute approximate surface area is 195 Å². The Bertz CT molecular complexity index is 716. The average Bonchev–Trinajstić information content (AvgIpc) is 2.82. The molecular formula is C28H42N2O2. The van der Waals surface area contributed by atoms with E-state index < -0.39 is 0 Å². The predicted molar refractivity (Wildman–Crippen MR) is 135 cm³/mol. The standard InChI is InChI=1S/C28H42N2O2/c1-2-3-4-5-6-7-8-9-10-11-12-16-23-29-28(31)30-26-19-21-27(22-20-26)32-24-25-17-14-13-15-18-25/h13-15,17-22H,2-12,16,23-24H2,1H3,(H2,29,30,31). The van der Waals surface area contributed by atoms with Crippen molar-refractivity contribution < 1.29 is 9.53 Å². The molecule has 0 aromatic heterocycles. The van der Waals surface area contributed by atoms with Crippen molar-refractivity contribution in [3.63, 3.8) is 0 Å². The lowest BCUT2D eigenvalue weighted by atomic mass is 10.1. The molecule has 0 aliphatic rings. The van der Waals surface area contributed by atoms with Gasteiger partial charge in [0.1, 0.15) is 12.4 Å². The van der Waals surface area contributed by atoms with Crippen molar-refractivity contribution >= 4 is 11.7 Å². The first-order valence-corrected chi connectivity index (χ1v) is 12.6. The summed E-state index contributed by atoms with van der Waals surface area (Å²) < 4.78 is 5.78. The molecule has 0 saturated heterocycles. The summed E-state index contributed by atoms with van der Waals surface area (Å²) in [6, 6.07) is 17.4. The van der Waals surface area contributed by atoms with Gasteiger partial charge >= 0.3 is 6.03 Å². The van der Waals surface area contributed by atoms with E-state index in [2.05, 4.69) is 17.6 Å². The maximum Gasteiger partial charge on any atom is 0.319 e. The molecule has 0 aliphatic heterocycles. The third-order valence-electron chi connectivity index (χ3n) is 5.68. The molecule has 0 spiro atoms. The number of hydrogen-bond donors (Lipinski definition) is 2. The van der Waals surface area contributed by atoms with Crippen molar-refractivity contribution in [1.29, 1.82) is 0 Å². The van der Waals surface area contributed by atoms with E-state index in [9.17, 15) is 4.79 Å². The van der Waals surface area contributed by atoms with E-state index in [0.29, 0.717) is 6.61 Å². The molecule has 2 aromatic carbocycles. The zero-order valence-corrected chi connectivity index (χ0v) is 19.9. The molecule has 2 amide bonds. The van der Waals surface area contributed by atoms with Crippen molar-refractivity contribution in [3.8, 4) is 5.75 Å². The van der Waals surface area contributed by atoms with Crippen LogP contribution < -0.4 is 15.4 Å². The minimum absolute atomic E-state index is 0.147. The van der Waals surface area contributed by atoms with Gasteiger partial charge in [-0.05, 0) is 36.2 Å². The highest BCUT2D eigenvalue weighted by atomic mass is 16.5. The number of unbranched alkanes of at least 4 members (excludes halogenated alkanes) is 11. The van der Waals surface area contributed by atoms with Crippen molar-refractivity contribution in [3.05, 3.63) is 60.2 Å². The normalized spacial score (nSPS) is 10.7. The summed E-state index contributed by atoms with van der Waals surface area (Å²) in [6.45, 7) is 3.53. The number of amides is 2. The van der Waals surface area contributed by atoms with Crippen molar-refractivity contribution in [2.75, 3.05) is 11.9 Å². The third-order valence-corrected chi connectivity index (χ3v) is 5.68. The molecule has 0 radical (unpaired) electrons. The molecule has 0 saturated carbocycles. The number of carbonyl (C=O) groups excluding carboxylic acids is 1. The fraction of sp³-hybridized carbons (Fsp3) is 0.536. The third kappa shape index (κ3) is 12.4. The molecule has 176 valence electrons. The van der Waals surface area contributed by atoms with Crippen LogP contribution in [0.2, 0.25) is 0 Å². The molecule has 0 aliphatic carbocycles. The lowest BCUT2D eigenvalue weighted by Crippen LogP contribution is -2.29. The zero-order valence-electron chi connectivity index (χ0n) is 19.9. The SMILES string of the molecule is CCCCCCCCCCCCCCNC(=O)Nc1ccc(OCc2ccccc2)cc1. The number of hydrogen-bond acceptors (Lipinski definition) is 2. The van der Waals surface area contributed by atoms with E-state index in [0.717, 1.165) is 30.0 Å². The summed E-state index contributed by atoms with van der Waals surface area (Å²) >= 11 is 0. The fourth-order valence-corrected chi connectivity index (χ4v) is 3.72. The molecule has 0 heterocycles. The molecule has 0 bridgehead atoms. The van der Waals surface area contributed by atoms with Crippen LogP contribution in [0.4, 0.5) is 10.5 Å². The molecule has 0 fully saturated rings. The fourth-order valence-electron chi connectivity index (χ4n) is 3.72. The Morgan fingerprint density at radius 3 is 1.88 bits per heavy atom. The van der Waals surface area contributed by atoms with Crippen LogP contribution in [-0.2, 0) is 6.61 Å². The molecular weight excluding hydrogens is 396 g/mol. The minimum Gasteiger partial charge on any atom is -0.489 e. The second-order valence-corrected chi connectivity index (χ2v) is 8.57. The van der Waals surface area contributed by atoms with Crippen LogP contribution in [0.25, 0.3) is 0 Å². The number of benzene rings is 2. The van der Waals surface area contributed by atoms with Gasteiger partial charge in [-0.1, -0.05) is 108 Å². The second-order valence-electron chi connectivity index (χ2n) is 8.57. The van der Waals surface area contributed by atoms with Crippen molar-refractivity contribution in [1.82, 2.24) is 5.32 Å². The number of rotatable bonds is 17. The van der Waals surface area contributed by atoms with Gasteiger partial charge in [0.15, 0.2) is 0 Å². The first-order valence-electron chi connectivity index (χ1n) is 12.6. The average molecular weight is 439 g/mol. The molecule has 4 heteroatoms. The van der Waals surface area contributed by atoms with Gasteiger partial charge in [0.25, 0.3) is 0 Å². The number of ether oxygens (including phenoxy) is 1.